The van der Waals surface area contributed by atoms with Crippen LogP contribution in [0.5, 0.6) is 0 Å². The van der Waals surface area contributed by atoms with Crippen LogP contribution in [0.25, 0.3) is 10.9 Å². The van der Waals surface area contributed by atoms with Crippen LogP contribution in [-0.2, 0) is 0 Å². The number of aryl methyl sites for hydroxylation is 1. The van der Waals surface area contributed by atoms with Crippen LogP contribution < -0.4 is 5.73 Å². The monoisotopic (exact) mass is 218 g/mol. The van der Waals surface area contributed by atoms with Gasteiger partial charge in [-0.2, -0.15) is 0 Å². The maximum atomic E-state index is 9.96. The van der Waals surface area contributed by atoms with Gasteiger partial charge in [0.25, 0.3) is 0 Å². The summed E-state index contributed by atoms with van der Waals surface area (Å²) in [6, 6.07) is 8.16. The summed E-state index contributed by atoms with van der Waals surface area (Å²) < 4.78 is 0. The van der Waals surface area contributed by atoms with Crippen molar-refractivity contribution in [3.05, 3.63) is 35.5 Å². The van der Waals surface area contributed by atoms with Crippen molar-refractivity contribution in [1.82, 2.24) is 4.98 Å². The van der Waals surface area contributed by atoms with Gasteiger partial charge in [-0.3, -0.25) is 0 Å². The van der Waals surface area contributed by atoms with Crippen LogP contribution in [0.15, 0.2) is 24.3 Å². The first-order chi connectivity index (χ1) is 7.72. The topological polar surface area (TPSA) is 62.0 Å². The van der Waals surface area contributed by atoms with Gasteiger partial charge >= 0.3 is 0 Å². The molecular weight excluding hydrogens is 200 g/mol. The summed E-state index contributed by atoms with van der Waals surface area (Å²) in [5.74, 6) is 0. The predicted octanol–water partition coefficient (Wildman–Crippen LogP) is 2.25. The Kier molecular flexibility index (Phi) is 3.27. The number of aromatic nitrogens is 1. The number of fused-ring (bicyclic) bond motifs is 1. The average Bonchev–Trinajstić information content (AvgIpc) is 2.71. The molecule has 1 heterocycles. The lowest BCUT2D eigenvalue weighted by molar-refractivity contribution is 0.161. The molecule has 86 valence electrons. The van der Waals surface area contributed by atoms with Gasteiger partial charge in [0.05, 0.1) is 6.10 Å². The number of aliphatic hydroxyl groups is 1. The Morgan fingerprint density at radius 3 is 2.94 bits per heavy atom. The SMILES string of the molecule is Cc1cccc2[nH]c(C(O)CCCN)cc12. The van der Waals surface area contributed by atoms with E-state index in [2.05, 4.69) is 18.0 Å². The van der Waals surface area contributed by atoms with Crippen LogP contribution in [-0.4, -0.2) is 16.6 Å². The third-order valence-corrected chi connectivity index (χ3v) is 2.94. The van der Waals surface area contributed by atoms with Crippen molar-refractivity contribution in [2.75, 3.05) is 6.54 Å². The summed E-state index contributed by atoms with van der Waals surface area (Å²) in [4.78, 5) is 3.25. The van der Waals surface area contributed by atoms with E-state index in [-0.39, 0.29) is 0 Å². The zero-order valence-corrected chi connectivity index (χ0v) is 9.53. The molecule has 3 nitrogen and oxygen atoms in total. The second-order valence-electron chi connectivity index (χ2n) is 4.21. The first-order valence-corrected chi connectivity index (χ1v) is 5.68. The quantitative estimate of drug-likeness (QED) is 0.737. The number of hydrogen-bond donors (Lipinski definition) is 3. The van der Waals surface area contributed by atoms with Gasteiger partial charge in [-0.15, -0.1) is 0 Å². The Hall–Kier alpha value is -1.32. The summed E-state index contributed by atoms with van der Waals surface area (Å²) in [6.07, 6.45) is 1.12. The minimum atomic E-state index is -0.435. The highest BCUT2D eigenvalue weighted by molar-refractivity contribution is 5.83. The van der Waals surface area contributed by atoms with Gasteiger partial charge in [0, 0.05) is 16.6 Å². The van der Waals surface area contributed by atoms with Crippen LogP contribution >= 0.6 is 0 Å². The molecule has 0 radical (unpaired) electrons. The first kappa shape index (κ1) is 11.2. The summed E-state index contributed by atoms with van der Waals surface area (Å²) in [5.41, 5.74) is 8.63. The first-order valence-electron chi connectivity index (χ1n) is 5.68. The Bertz CT molecular complexity index is 476. The van der Waals surface area contributed by atoms with E-state index >= 15 is 0 Å². The molecule has 0 spiro atoms. The Balaban J connectivity index is 2.29. The number of aliphatic hydroxyl groups excluding tert-OH is 1. The second-order valence-corrected chi connectivity index (χ2v) is 4.21. The van der Waals surface area contributed by atoms with Crippen molar-refractivity contribution in [3.8, 4) is 0 Å². The van der Waals surface area contributed by atoms with Gasteiger partial charge in [0.15, 0.2) is 0 Å². The van der Waals surface area contributed by atoms with E-state index in [1.807, 2.05) is 18.2 Å². The van der Waals surface area contributed by atoms with Crippen molar-refractivity contribution in [1.29, 1.82) is 0 Å². The summed E-state index contributed by atoms with van der Waals surface area (Å²) in [5, 5.41) is 11.1. The van der Waals surface area contributed by atoms with Gasteiger partial charge in [-0.1, -0.05) is 12.1 Å². The molecule has 2 rings (SSSR count). The van der Waals surface area contributed by atoms with Crippen molar-refractivity contribution in [2.45, 2.75) is 25.9 Å². The van der Waals surface area contributed by atoms with E-state index in [0.29, 0.717) is 13.0 Å². The molecule has 0 bridgehead atoms. The lowest BCUT2D eigenvalue weighted by Gasteiger charge is -2.06. The summed E-state index contributed by atoms with van der Waals surface area (Å²) in [6.45, 7) is 2.70. The molecule has 3 heteroatoms. The van der Waals surface area contributed by atoms with Crippen molar-refractivity contribution in [2.24, 2.45) is 5.73 Å². The van der Waals surface area contributed by atoms with E-state index in [9.17, 15) is 5.11 Å². The van der Waals surface area contributed by atoms with Crippen molar-refractivity contribution < 1.29 is 5.11 Å². The van der Waals surface area contributed by atoms with E-state index in [1.54, 1.807) is 0 Å². The average molecular weight is 218 g/mol. The van der Waals surface area contributed by atoms with Gasteiger partial charge in [-0.25, -0.2) is 0 Å². The van der Waals surface area contributed by atoms with Crippen molar-refractivity contribution >= 4 is 10.9 Å². The molecule has 1 aromatic carbocycles. The van der Waals surface area contributed by atoms with Gasteiger partial charge in [0.1, 0.15) is 0 Å². The number of aromatic amines is 1. The highest BCUT2D eigenvalue weighted by atomic mass is 16.3. The lowest BCUT2D eigenvalue weighted by atomic mass is 10.1. The number of nitrogens with one attached hydrogen (secondary N) is 1. The number of H-pyrrole nitrogens is 1. The third kappa shape index (κ3) is 2.10. The van der Waals surface area contributed by atoms with E-state index in [0.717, 1.165) is 17.6 Å². The standard InChI is InChI=1S/C13H18N2O/c1-9-4-2-5-11-10(9)8-12(15-11)13(16)6-3-7-14/h2,4-5,8,13,15-16H,3,6-7,14H2,1H3. The minimum Gasteiger partial charge on any atom is -0.387 e. The molecule has 0 aliphatic rings. The molecule has 4 N–H and O–H groups in total. The molecule has 0 saturated carbocycles. The fourth-order valence-corrected chi connectivity index (χ4v) is 1.97. The van der Waals surface area contributed by atoms with Gasteiger partial charge < -0.3 is 15.8 Å². The van der Waals surface area contributed by atoms with Crippen LogP contribution in [0.4, 0.5) is 0 Å². The summed E-state index contributed by atoms with van der Waals surface area (Å²) >= 11 is 0. The van der Waals surface area contributed by atoms with Gasteiger partial charge in [-0.05, 0) is 44.0 Å². The van der Waals surface area contributed by atoms with Crippen LogP contribution in [0, 0.1) is 6.92 Å². The Morgan fingerprint density at radius 2 is 2.25 bits per heavy atom. The van der Waals surface area contributed by atoms with Crippen LogP contribution in [0.3, 0.4) is 0 Å². The fraction of sp³-hybridized carbons (Fsp3) is 0.385. The molecule has 0 saturated heterocycles. The fourth-order valence-electron chi connectivity index (χ4n) is 1.97. The molecule has 0 fully saturated rings. The maximum absolute atomic E-state index is 9.96. The predicted molar refractivity (Wildman–Crippen MR) is 66.3 cm³/mol. The smallest absolute Gasteiger partial charge is 0.0938 e. The van der Waals surface area contributed by atoms with Gasteiger partial charge in [0.2, 0.25) is 0 Å². The third-order valence-electron chi connectivity index (χ3n) is 2.94. The van der Waals surface area contributed by atoms with E-state index in [4.69, 9.17) is 5.73 Å². The molecule has 1 aromatic heterocycles. The molecule has 2 aromatic rings. The zero-order valence-electron chi connectivity index (χ0n) is 9.53. The molecule has 16 heavy (non-hydrogen) atoms. The number of benzene rings is 1. The largest absolute Gasteiger partial charge is 0.387 e. The normalized spacial score (nSPS) is 13.2. The lowest BCUT2D eigenvalue weighted by Crippen LogP contribution is -2.03. The van der Waals surface area contributed by atoms with Crippen LogP contribution in [0.2, 0.25) is 0 Å². The highest BCUT2D eigenvalue weighted by Gasteiger charge is 2.10. The van der Waals surface area contributed by atoms with E-state index < -0.39 is 6.10 Å². The number of hydrogen-bond acceptors (Lipinski definition) is 2. The Morgan fingerprint density at radius 1 is 1.44 bits per heavy atom. The molecule has 0 aliphatic heterocycles. The molecule has 1 unspecified atom stereocenters. The maximum Gasteiger partial charge on any atom is 0.0938 e. The molecule has 1 atom stereocenters. The molecule has 0 amide bonds. The minimum absolute atomic E-state index is 0.435. The van der Waals surface area contributed by atoms with Crippen LogP contribution in [0.1, 0.15) is 30.2 Å². The summed E-state index contributed by atoms with van der Waals surface area (Å²) in [7, 11) is 0. The van der Waals surface area contributed by atoms with Crippen molar-refractivity contribution in [3.63, 3.8) is 0 Å². The highest BCUT2D eigenvalue weighted by Crippen LogP contribution is 2.24. The molecular formula is C13H18N2O. The Labute approximate surface area is 95.3 Å². The second kappa shape index (κ2) is 4.68. The zero-order chi connectivity index (χ0) is 11.5. The van der Waals surface area contributed by atoms with E-state index in [1.165, 1.54) is 10.9 Å². The number of rotatable bonds is 4. The number of nitrogens with two attached hydrogens (primary N) is 1. The molecule has 0 aliphatic carbocycles.